The largest absolute Gasteiger partial charge is 0.398 e. The van der Waals surface area contributed by atoms with Crippen LogP contribution in [-0.2, 0) is 9.84 Å². The van der Waals surface area contributed by atoms with Gasteiger partial charge in [-0.25, -0.2) is 8.42 Å². The van der Waals surface area contributed by atoms with E-state index in [-0.39, 0.29) is 16.3 Å². The third-order valence-corrected chi connectivity index (χ3v) is 2.64. The van der Waals surface area contributed by atoms with Gasteiger partial charge in [-0.1, -0.05) is 0 Å². The maximum absolute atomic E-state index is 11.1. The molecule has 0 aliphatic rings. The van der Waals surface area contributed by atoms with Crippen LogP contribution in [0.15, 0.2) is 23.1 Å². The minimum Gasteiger partial charge on any atom is -0.398 e. The number of hydrogen-bond acceptors (Lipinski definition) is 5. The molecule has 0 amide bonds. The number of sulfone groups is 1. The molecule has 1 aromatic carbocycles. The molecule has 76 valence electrons. The monoisotopic (exact) mass is 216 g/mol. The van der Waals surface area contributed by atoms with Crippen LogP contribution in [0.5, 0.6) is 0 Å². The summed E-state index contributed by atoms with van der Waals surface area (Å²) in [6.07, 6.45) is 0.964. The first-order chi connectivity index (χ1) is 6.30. The highest BCUT2D eigenvalue weighted by Crippen LogP contribution is 2.21. The van der Waals surface area contributed by atoms with Crippen molar-refractivity contribution in [3.05, 3.63) is 28.3 Å². The van der Waals surface area contributed by atoms with Gasteiger partial charge in [0.05, 0.1) is 9.82 Å². The first kappa shape index (κ1) is 10.5. The molecule has 14 heavy (non-hydrogen) atoms. The lowest BCUT2D eigenvalue weighted by atomic mass is 10.3. The van der Waals surface area contributed by atoms with Crippen LogP contribution in [0.4, 0.5) is 11.4 Å². The zero-order valence-electron chi connectivity index (χ0n) is 7.30. The summed E-state index contributed by atoms with van der Waals surface area (Å²) in [6.45, 7) is 0. The van der Waals surface area contributed by atoms with Crippen molar-refractivity contribution < 1.29 is 13.3 Å². The van der Waals surface area contributed by atoms with E-state index in [1.54, 1.807) is 0 Å². The molecule has 0 fully saturated rings. The lowest BCUT2D eigenvalue weighted by molar-refractivity contribution is -0.385. The van der Waals surface area contributed by atoms with Crippen molar-refractivity contribution in [1.82, 2.24) is 0 Å². The van der Waals surface area contributed by atoms with Crippen molar-refractivity contribution in [2.75, 3.05) is 12.0 Å². The molecule has 0 saturated heterocycles. The molecule has 0 aliphatic carbocycles. The molecular weight excluding hydrogens is 208 g/mol. The lowest BCUT2D eigenvalue weighted by Gasteiger charge is -2.00. The second-order valence-corrected chi connectivity index (χ2v) is 4.81. The van der Waals surface area contributed by atoms with Gasteiger partial charge in [0.1, 0.15) is 0 Å². The molecule has 6 nitrogen and oxygen atoms in total. The lowest BCUT2D eigenvalue weighted by Crippen LogP contribution is -2.00. The Hall–Kier alpha value is -1.63. The highest BCUT2D eigenvalue weighted by molar-refractivity contribution is 7.90. The van der Waals surface area contributed by atoms with Crippen molar-refractivity contribution in [3.63, 3.8) is 0 Å². The van der Waals surface area contributed by atoms with Gasteiger partial charge in [0.25, 0.3) is 5.69 Å². The van der Waals surface area contributed by atoms with Crippen LogP contribution in [0, 0.1) is 10.1 Å². The summed E-state index contributed by atoms with van der Waals surface area (Å²) in [5, 5.41) is 10.4. The van der Waals surface area contributed by atoms with E-state index < -0.39 is 14.8 Å². The van der Waals surface area contributed by atoms with Crippen LogP contribution in [0.3, 0.4) is 0 Å². The molecule has 1 rings (SSSR count). The predicted molar refractivity (Wildman–Crippen MR) is 50.6 cm³/mol. The highest BCUT2D eigenvalue weighted by atomic mass is 32.2. The Balaban J connectivity index is 3.43. The van der Waals surface area contributed by atoms with Gasteiger partial charge in [-0.05, 0) is 6.07 Å². The van der Waals surface area contributed by atoms with Crippen molar-refractivity contribution in [3.8, 4) is 0 Å². The zero-order chi connectivity index (χ0) is 10.9. The maximum atomic E-state index is 11.1. The summed E-state index contributed by atoms with van der Waals surface area (Å²) < 4.78 is 22.2. The molecule has 0 bridgehead atoms. The Bertz CT molecular complexity index is 480. The van der Waals surface area contributed by atoms with Gasteiger partial charge in [-0.2, -0.15) is 0 Å². The molecule has 0 aliphatic heterocycles. The Morgan fingerprint density at radius 1 is 1.36 bits per heavy atom. The third kappa shape index (κ3) is 2.19. The highest BCUT2D eigenvalue weighted by Gasteiger charge is 2.14. The zero-order valence-corrected chi connectivity index (χ0v) is 8.11. The second-order valence-electron chi connectivity index (χ2n) is 2.79. The standard InChI is InChI=1S/C7H8N2O4S/c1-14(12,13)7-3-5(8)2-6(4-7)9(10)11/h2-4H,8H2,1H3. The smallest absolute Gasteiger partial charge is 0.272 e. The number of nitrogens with two attached hydrogens (primary N) is 1. The minimum atomic E-state index is -3.47. The van der Waals surface area contributed by atoms with Crippen LogP contribution in [0.25, 0.3) is 0 Å². The van der Waals surface area contributed by atoms with Gasteiger partial charge in [-0.3, -0.25) is 10.1 Å². The molecule has 0 heterocycles. The van der Waals surface area contributed by atoms with E-state index in [4.69, 9.17) is 5.73 Å². The summed E-state index contributed by atoms with van der Waals surface area (Å²) in [6, 6.07) is 3.27. The molecule has 0 unspecified atom stereocenters. The van der Waals surface area contributed by atoms with Crippen LogP contribution in [0.1, 0.15) is 0 Å². The van der Waals surface area contributed by atoms with E-state index in [1.807, 2.05) is 0 Å². The van der Waals surface area contributed by atoms with Gasteiger partial charge < -0.3 is 5.73 Å². The summed E-state index contributed by atoms with van der Waals surface area (Å²) in [5.74, 6) is 0. The van der Waals surface area contributed by atoms with Crippen LogP contribution in [0.2, 0.25) is 0 Å². The van der Waals surface area contributed by atoms with Crippen molar-refractivity contribution in [1.29, 1.82) is 0 Å². The fourth-order valence-corrected chi connectivity index (χ4v) is 1.61. The van der Waals surface area contributed by atoms with Crippen molar-refractivity contribution >= 4 is 21.2 Å². The number of nitro groups is 1. The molecule has 7 heteroatoms. The van der Waals surface area contributed by atoms with E-state index in [2.05, 4.69) is 0 Å². The van der Waals surface area contributed by atoms with Gasteiger partial charge >= 0.3 is 0 Å². The van der Waals surface area contributed by atoms with Crippen molar-refractivity contribution in [2.24, 2.45) is 0 Å². The summed E-state index contributed by atoms with van der Waals surface area (Å²) in [5.41, 5.74) is 5.05. The number of anilines is 1. The number of rotatable bonds is 2. The molecular formula is C7H8N2O4S. The third-order valence-electron chi connectivity index (χ3n) is 1.55. The quantitative estimate of drug-likeness (QED) is 0.442. The number of nitrogens with zero attached hydrogens (tertiary/aromatic N) is 1. The number of non-ortho nitro benzene ring substituents is 1. The predicted octanol–water partition coefficient (Wildman–Crippen LogP) is 0.581. The molecule has 1 aromatic rings. The summed E-state index contributed by atoms with van der Waals surface area (Å²) in [7, 11) is -3.47. The van der Waals surface area contributed by atoms with Gasteiger partial charge in [-0.15, -0.1) is 0 Å². The molecule has 0 saturated carbocycles. The average molecular weight is 216 g/mol. The Labute approximate surface area is 80.4 Å². The normalized spacial score (nSPS) is 11.2. The Kier molecular flexibility index (Phi) is 2.43. The van der Waals surface area contributed by atoms with E-state index in [1.165, 1.54) is 6.07 Å². The average Bonchev–Trinajstić information content (AvgIpc) is 2.01. The molecule has 0 atom stereocenters. The molecule has 2 N–H and O–H groups in total. The molecule has 0 spiro atoms. The Morgan fingerprint density at radius 3 is 2.36 bits per heavy atom. The minimum absolute atomic E-state index is 0.0552. The molecule has 0 aromatic heterocycles. The maximum Gasteiger partial charge on any atom is 0.272 e. The van der Waals surface area contributed by atoms with Gasteiger partial charge in [0, 0.05) is 24.1 Å². The van der Waals surface area contributed by atoms with E-state index in [0.717, 1.165) is 18.4 Å². The van der Waals surface area contributed by atoms with Crippen molar-refractivity contribution in [2.45, 2.75) is 4.90 Å². The fraction of sp³-hybridized carbons (Fsp3) is 0.143. The van der Waals surface area contributed by atoms with Crippen LogP contribution < -0.4 is 5.73 Å². The number of benzene rings is 1. The summed E-state index contributed by atoms with van der Waals surface area (Å²) >= 11 is 0. The number of nitro benzene ring substituents is 1. The second kappa shape index (κ2) is 3.26. The van der Waals surface area contributed by atoms with E-state index in [0.29, 0.717) is 0 Å². The first-order valence-electron chi connectivity index (χ1n) is 3.56. The number of nitrogen functional groups attached to an aromatic ring is 1. The van der Waals surface area contributed by atoms with Crippen LogP contribution >= 0.6 is 0 Å². The molecule has 0 radical (unpaired) electrons. The first-order valence-corrected chi connectivity index (χ1v) is 5.45. The van der Waals surface area contributed by atoms with E-state index in [9.17, 15) is 18.5 Å². The Morgan fingerprint density at radius 2 is 1.93 bits per heavy atom. The number of hydrogen-bond donors (Lipinski definition) is 1. The van der Waals surface area contributed by atoms with E-state index >= 15 is 0 Å². The fourth-order valence-electron chi connectivity index (χ4n) is 0.925. The van der Waals surface area contributed by atoms with Gasteiger partial charge in [0.2, 0.25) is 0 Å². The van der Waals surface area contributed by atoms with Crippen LogP contribution in [-0.4, -0.2) is 19.6 Å². The van der Waals surface area contributed by atoms with Gasteiger partial charge in [0.15, 0.2) is 9.84 Å². The SMILES string of the molecule is CS(=O)(=O)c1cc(N)cc([N+](=O)[O-])c1. The summed E-state index contributed by atoms with van der Waals surface area (Å²) in [4.78, 5) is 9.55. The topological polar surface area (TPSA) is 103 Å².